The maximum Gasteiger partial charge on any atom is 0.206 e. The smallest absolute Gasteiger partial charge is 0.206 e. The Bertz CT molecular complexity index is 1350. The Morgan fingerprint density at radius 2 is 1.66 bits per heavy atom. The molecule has 2 heterocycles. The zero-order valence-corrected chi connectivity index (χ0v) is 18.3. The van der Waals surface area contributed by atoms with Gasteiger partial charge >= 0.3 is 0 Å². The number of hydrogen-bond donors (Lipinski definition) is 1. The van der Waals surface area contributed by atoms with Crippen LogP contribution in [0, 0.1) is 0 Å². The number of aromatic hydroxyl groups is 1. The lowest BCUT2D eigenvalue weighted by atomic mass is 10.2. The van der Waals surface area contributed by atoms with Gasteiger partial charge in [-0.25, -0.2) is 8.42 Å². The van der Waals surface area contributed by atoms with Crippen molar-refractivity contribution in [1.29, 1.82) is 0 Å². The van der Waals surface area contributed by atoms with E-state index in [9.17, 15) is 13.5 Å². The minimum absolute atomic E-state index is 0.238. The Balaban J connectivity index is 1.38. The summed E-state index contributed by atoms with van der Waals surface area (Å²) in [7, 11) is -3.61. The van der Waals surface area contributed by atoms with E-state index in [2.05, 4.69) is 9.47 Å². The van der Waals surface area contributed by atoms with Gasteiger partial charge in [0.1, 0.15) is 5.75 Å². The van der Waals surface area contributed by atoms with Crippen LogP contribution in [0.15, 0.2) is 88.8 Å². The highest BCUT2D eigenvalue weighted by atomic mass is 32.2. The summed E-state index contributed by atoms with van der Waals surface area (Å²) in [5.74, 6) is 0.238. The largest absolute Gasteiger partial charge is 0.508 e. The van der Waals surface area contributed by atoms with E-state index >= 15 is 0 Å². The second kappa shape index (κ2) is 8.33. The summed E-state index contributed by atoms with van der Waals surface area (Å²) >= 11 is 0. The van der Waals surface area contributed by atoms with E-state index in [4.69, 9.17) is 4.74 Å². The molecule has 0 saturated carbocycles. The van der Waals surface area contributed by atoms with Crippen molar-refractivity contribution in [2.75, 3.05) is 31.2 Å². The van der Waals surface area contributed by atoms with Crippen LogP contribution in [0.3, 0.4) is 0 Å². The normalized spacial score (nSPS) is 14.7. The number of morpholine rings is 1. The molecule has 0 radical (unpaired) electrons. The maximum atomic E-state index is 13.2. The van der Waals surface area contributed by atoms with E-state index in [-0.39, 0.29) is 10.6 Å². The molecule has 1 aliphatic heterocycles. The van der Waals surface area contributed by atoms with E-state index in [1.165, 1.54) is 0 Å². The Hall–Kier alpha value is -3.29. The number of benzene rings is 3. The van der Waals surface area contributed by atoms with Gasteiger partial charge in [-0.3, -0.25) is 0 Å². The second-order valence-electron chi connectivity index (χ2n) is 7.93. The number of phenols is 1. The number of anilines is 1. The van der Waals surface area contributed by atoms with Gasteiger partial charge in [-0.2, -0.15) is 0 Å². The number of rotatable bonds is 5. The summed E-state index contributed by atoms with van der Waals surface area (Å²) in [6, 6.07) is 21.4. The molecule has 1 fully saturated rings. The molecule has 0 atom stereocenters. The third-order valence-electron chi connectivity index (χ3n) is 5.85. The van der Waals surface area contributed by atoms with Crippen molar-refractivity contribution in [1.82, 2.24) is 4.57 Å². The first-order valence-electron chi connectivity index (χ1n) is 10.6. The number of aromatic nitrogens is 1. The molecule has 1 aliphatic rings. The van der Waals surface area contributed by atoms with Gasteiger partial charge in [-0.15, -0.1) is 0 Å². The van der Waals surface area contributed by atoms with E-state index in [1.807, 2.05) is 36.5 Å². The average Bonchev–Trinajstić information content (AvgIpc) is 3.21. The van der Waals surface area contributed by atoms with Crippen molar-refractivity contribution in [2.45, 2.75) is 16.3 Å². The molecule has 1 saturated heterocycles. The molecule has 4 aromatic rings. The van der Waals surface area contributed by atoms with E-state index in [1.54, 1.807) is 42.5 Å². The van der Waals surface area contributed by atoms with E-state index in [0.29, 0.717) is 24.7 Å². The molecule has 0 spiro atoms. The second-order valence-corrected chi connectivity index (χ2v) is 9.88. The third-order valence-corrected chi connectivity index (χ3v) is 7.61. The summed E-state index contributed by atoms with van der Waals surface area (Å²) in [5.41, 5.74) is 2.91. The van der Waals surface area contributed by atoms with E-state index in [0.717, 1.165) is 35.2 Å². The fraction of sp³-hybridized carbons (Fsp3) is 0.200. The van der Waals surface area contributed by atoms with Crippen LogP contribution in [0.5, 0.6) is 5.75 Å². The number of fused-ring (bicyclic) bond motifs is 1. The van der Waals surface area contributed by atoms with E-state index < -0.39 is 9.84 Å². The minimum atomic E-state index is -3.61. The molecule has 1 aromatic heterocycles. The first-order chi connectivity index (χ1) is 15.5. The number of hydrogen-bond acceptors (Lipinski definition) is 5. The highest BCUT2D eigenvalue weighted by Gasteiger charge is 2.20. The van der Waals surface area contributed by atoms with Crippen LogP contribution in [0.1, 0.15) is 5.56 Å². The number of ether oxygens (including phenoxy) is 1. The first-order valence-corrected chi connectivity index (χ1v) is 12.0. The van der Waals surface area contributed by atoms with Gasteiger partial charge in [0.15, 0.2) is 0 Å². The summed E-state index contributed by atoms with van der Waals surface area (Å²) < 4.78 is 33.9. The molecule has 3 aromatic carbocycles. The summed E-state index contributed by atoms with van der Waals surface area (Å²) in [5, 5.41) is 10.6. The van der Waals surface area contributed by atoms with Gasteiger partial charge in [-0.05, 0) is 60.2 Å². The topological polar surface area (TPSA) is 71.8 Å². The van der Waals surface area contributed by atoms with Crippen LogP contribution in [-0.4, -0.2) is 44.4 Å². The summed E-state index contributed by atoms with van der Waals surface area (Å²) in [6.45, 7) is 3.42. The molecule has 0 amide bonds. The van der Waals surface area contributed by atoms with Crippen molar-refractivity contribution < 1.29 is 18.3 Å². The van der Waals surface area contributed by atoms with Crippen LogP contribution in [0.25, 0.3) is 10.9 Å². The Morgan fingerprint density at radius 3 is 2.44 bits per heavy atom. The predicted octanol–water partition coefficient (Wildman–Crippen LogP) is 4.06. The van der Waals surface area contributed by atoms with Crippen molar-refractivity contribution in [3.8, 4) is 5.75 Å². The highest BCUT2D eigenvalue weighted by molar-refractivity contribution is 7.91. The molecule has 0 bridgehead atoms. The molecule has 164 valence electrons. The molecule has 1 N–H and O–H groups in total. The number of sulfone groups is 1. The molecular formula is C25H24N2O4S. The minimum Gasteiger partial charge on any atom is -0.508 e. The van der Waals surface area contributed by atoms with Crippen LogP contribution in [0.2, 0.25) is 0 Å². The van der Waals surface area contributed by atoms with Gasteiger partial charge in [-0.1, -0.05) is 18.2 Å². The Morgan fingerprint density at radius 1 is 0.875 bits per heavy atom. The van der Waals surface area contributed by atoms with Crippen molar-refractivity contribution in [3.05, 3.63) is 84.6 Å². The monoisotopic (exact) mass is 448 g/mol. The standard InChI is InChI=1S/C25H24N2O4S/c28-22-6-9-25-20(16-22)10-11-27(25)18-19-4-7-23(8-5-19)32(29,30)24-3-1-2-21(17-24)26-12-14-31-15-13-26/h1-11,16-17,28H,12-15,18H2. The SMILES string of the molecule is O=S(=O)(c1ccc(Cn2ccc3cc(O)ccc32)cc1)c1cccc(N2CCOCC2)c1. The van der Waals surface area contributed by atoms with Gasteiger partial charge in [0.05, 0.1) is 23.0 Å². The van der Waals surface area contributed by atoms with Gasteiger partial charge in [0, 0.05) is 42.4 Å². The molecular weight excluding hydrogens is 424 g/mol. The summed E-state index contributed by atoms with van der Waals surface area (Å²) in [4.78, 5) is 2.72. The van der Waals surface area contributed by atoms with Crippen molar-refractivity contribution >= 4 is 26.4 Å². The highest BCUT2D eigenvalue weighted by Crippen LogP contribution is 2.27. The lowest BCUT2D eigenvalue weighted by Crippen LogP contribution is -2.36. The predicted molar refractivity (Wildman–Crippen MR) is 124 cm³/mol. The van der Waals surface area contributed by atoms with Gasteiger partial charge < -0.3 is 19.3 Å². The number of nitrogens with zero attached hydrogens (tertiary/aromatic N) is 2. The fourth-order valence-electron chi connectivity index (χ4n) is 4.10. The number of phenolic OH excluding ortho intramolecular Hbond substituents is 1. The van der Waals surface area contributed by atoms with Crippen LogP contribution < -0.4 is 4.90 Å². The molecule has 32 heavy (non-hydrogen) atoms. The molecule has 0 unspecified atom stereocenters. The van der Waals surface area contributed by atoms with Crippen LogP contribution >= 0.6 is 0 Å². The Labute approximate surface area is 187 Å². The lowest BCUT2D eigenvalue weighted by Gasteiger charge is -2.29. The van der Waals surface area contributed by atoms with Crippen LogP contribution in [-0.2, 0) is 21.1 Å². The average molecular weight is 449 g/mol. The zero-order chi connectivity index (χ0) is 22.1. The Kier molecular flexibility index (Phi) is 5.36. The first kappa shape index (κ1) is 20.6. The molecule has 5 rings (SSSR count). The van der Waals surface area contributed by atoms with Crippen LogP contribution in [0.4, 0.5) is 5.69 Å². The zero-order valence-electron chi connectivity index (χ0n) is 17.5. The third kappa shape index (κ3) is 3.97. The molecule has 7 heteroatoms. The maximum absolute atomic E-state index is 13.2. The van der Waals surface area contributed by atoms with Crippen molar-refractivity contribution in [3.63, 3.8) is 0 Å². The van der Waals surface area contributed by atoms with Gasteiger partial charge in [0.2, 0.25) is 9.84 Å². The molecule has 6 nitrogen and oxygen atoms in total. The summed E-state index contributed by atoms with van der Waals surface area (Å²) in [6.07, 6.45) is 1.96. The fourth-order valence-corrected chi connectivity index (χ4v) is 5.40. The van der Waals surface area contributed by atoms with Crippen molar-refractivity contribution in [2.24, 2.45) is 0 Å². The quantitative estimate of drug-likeness (QED) is 0.498. The lowest BCUT2D eigenvalue weighted by molar-refractivity contribution is 0.122. The molecule has 0 aliphatic carbocycles. The van der Waals surface area contributed by atoms with Gasteiger partial charge in [0.25, 0.3) is 0 Å².